The molecule has 2 aromatic carbocycles. The molecule has 0 aliphatic heterocycles. The van der Waals surface area contributed by atoms with Crippen molar-refractivity contribution in [2.75, 3.05) is 0 Å². The molecule has 2 atom stereocenters. The summed E-state index contributed by atoms with van der Waals surface area (Å²) < 4.78 is 12.8. The molecule has 0 aliphatic carbocycles. The second kappa shape index (κ2) is 5.34. The van der Waals surface area contributed by atoms with Crippen LogP contribution < -0.4 is 0 Å². The number of benzene rings is 2. The standard InChI is InChI=1S/C14H13FOS/c15-12-8-6-10(7-9-12)13(16)14(17)11-4-2-1-3-5-11/h1-9,13-14,16-17H. The molecular weight excluding hydrogens is 235 g/mol. The van der Waals surface area contributed by atoms with Crippen LogP contribution in [0.4, 0.5) is 4.39 Å². The summed E-state index contributed by atoms with van der Waals surface area (Å²) in [5.41, 5.74) is 1.60. The van der Waals surface area contributed by atoms with Crippen molar-refractivity contribution in [1.29, 1.82) is 0 Å². The molecule has 0 spiro atoms. The van der Waals surface area contributed by atoms with Gasteiger partial charge in [0.25, 0.3) is 0 Å². The Morgan fingerprint density at radius 3 is 2.06 bits per heavy atom. The van der Waals surface area contributed by atoms with Crippen molar-refractivity contribution in [1.82, 2.24) is 0 Å². The summed E-state index contributed by atoms with van der Waals surface area (Å²) in [7, 11) is 0. The van der Waals surface area contributed by atoms with Gasteiger partial charge in [-0.1, -0.05) is 42.5 Å². The van der Waals surface area contributed by atoms with Gasteiger partial charge >= 0.3 is 0 Å². The van der Waals surface area contributed by atoms with Gasteiger partial charge in [0, 0.05) is 0 Å². The zero-order chi connectivity index (χ0) is 12.3. The van der Waals surface area contributed by atoms with Crippen molar-refractivity contribution in [2.24, 2.45) is 0 Å². The molecule has 0 fully saturated rings. The zero-order valence-corrected chi connectivity index (χ0v) is 10.0. The average molecular weight is 248 g/mol. The third kappa shape index (κ3) is 2.87. The molecular formula is C14H13FOS. The predicted octanol–water partition coefficient (Wildman–Crippen LogP) is 3.53. The van der Waals surface area contributed by atoms with E-state index in [0.29, 0.717) is 5.56 Å². The maximum absolute atomic E-state index is 12.8. The van der Waals surface area contributed by atoms with Gasteiger partial charge in [0.1, 0.15) is 5.82 Å². The Balaban J connectivity index is 2.20. The topological polar surface area (TPSA) is 20.2 Å². The minimum atomic E-state index is -0.749. The van der Waals surface area contributed by atoms with Crippen LogP contribution in [0.25, 0.3) is 0 Å². The van der Waals surface area contributed by atoms with E-state index in [0.717, 1.165) is 5.56 Å². The Bertz CT molecular complexity index is 469. The minimum absolute atomic E-state index is 0.309. The minimum Gasteiger partial charge on any atom is -0.387 e. The summed E-state index contributed by atoms with van der Waals surface area (Å²) in [6, 6.07) is 15.3. The summed E-state index contributed by atoms with van der Waals surface area (Å²) >= 11 is 4.41. The lowest BCUT2D eigenvalue weighted by Crippen LogP contribution is -2.05. The van der Waals surface area contributed by atoms with E-state index in [2.05, 4.69) is 12.6 Å². The molecule has 0 radical (unpaired) electrons. The average Bonchev–Trinajstić information content (AvgIpc) is 2.39. The van der Waals surface area contributed by atoms with Crippen LogP contribution in [0, 0.1) is 5.82 Å². The fraction of sp³-hybridized carbons (Fsp3) is 0.143. The molecule has 0 bridgehead atoms. The number of aliphatic hydroxyl groups excluding tert-OH is 1. The van der Waals surface area contributed by atoms with Crippen molar-refractivity contribution in [3.63, 3.8) is 0 Å². The predicted molar refractivity (Wildman–Crippen MR) is 69.5 cm³/mol. The van der Waals surface area contributed by atoms with Crippen LogP contribution >= 0.6 is 12.6 Å². The highest BCUT2D eigenvalue weighted by Crippen LogP contribution is 2.33. The number of aliphatic hydroxyl groups is 1. The van der Waals surface area contributed by atoms with E-state index in [1.165, 1.54) is 12.1 Å². The van der Waals surface area contributed by atoms with Gasteiger partial charge in [0.15, 0.2) is 0 Å². The molecule has 2 aromatic rings. The molecule has 1 nitrogen and oxygen atoms in total. The summed E-state index contributed by atoms with van der Waals surface area (Å²) in [6.45, 7) is 0. The third-order valence-corrected chi connectivity index (χ3v) is 3.23. The fourth-order valence-electron chi connectivity index (χ4n) is 1.67. The fourth-order valence-corrected chi connectivity index (χ4v) is 2.02. The maximum atomic E-state index is 12.8. The number of rotatable bonds is 3. The Kier molecular flexibility index (Phi) is 3.82. The molecule has 0 amide bonds. The van der Waals surface area contributed by atoms with E-state index < -0.39 is 6.10 Å². The van der Waals surface area contributed by atoms with Gasteiger partial charge in [-0.05, 0) is 23.3 Å². The summed E-state index contributed by atoms with van der Waals surface area (Å²) in [6.07, 6.45) is -0.749. The normalized spacial score (nSPS) is 14.3. The Labute approximate surface area is 105 Å². The van der Waals surface area contributed by atoms with E-state index in [4.69, 9.17) is 0 Å². The lowest BCUT2D eigenvalue weighted by Gasteiger charge is -2.18. The quantitative estimate of drug-likeness (QED) is 0.796. The first-order chi connectivity index (χ1) is 8.18. The van der Waals surface area contributed by atoms with Crippen molar-refractivity contribution >= 4 is 12.6 Å². The first kappa shape index (κ1) is 12.1. The first-order valence-electron chi connectivity index (χ1n) is 5.35. The molecule has 0 aromatic heterocycles. The van der Waals surface area contributed by atoms with Crippen molar-refractivity contribution in [2.45, 2.75) is 11.4 Å². The second-order valence-corrected chi connectivity index (χ2v) is 4.41. The smallest absolute Gasteiger partial charge is 0.123 e. The molecule has 0 aliphatic rings. The molecule has 3 heteroatoms. The van der Waals surface area contributed by atoms with Crippen LogP contribution in [0.2, 0.25) is 0 Å². The summed E-state index contributed by atoms with van der Waals surface area (Å²) in [4.78, 5) is 0. The SMILES string of the molecule is OC(c1ccc(F)cc1)C(S)c1ccccc1. The van der Waals surface area contributed by atoms with Crippen LogP contribution in [0.3, 0.4) is 0 Å². The molecule has 0 saturated carbocycles. The largest absolute Gasteiger partial charge is 0.387 e. The number of hydrogen-bond acceptors (Lipinski definition) is 2. The third-order valence-electron chi connectivity index (χ3n) is 2.65. The van der Waals surface area contributed by atoms with Gasteiger partial charge in [-0.15, -0.1) is 0 Å². The molecule has 2 unspecified atom stereocenters. The first-order valence-corrected chi connectivity index (χ1v) is 5.86. The molecule has 2 rings (SSSR count). The summed E-state index contributed by atoms with van der Waals surface area (Å²) in [5, 5.41) is 9.82. The van der Waals surface area contributed by atoms with Gasteiger partial charge in [-0.3, -0.25) is 0 Å². The number of hydrogen-bond donors (Lipinski definition) is 2. The highest BCUT2D eigenvalue weighted by molar-refractivity contribution is 7.80. The van der Waals surface area contributed by atoms with E-state index in [9.17, 15) is 9.50 Å². The van der Waals surface area contributed by atoms with Gasteiger partial charge in [-0.2, -0.15) is 12.6 Å². The molecule has 1 N–H and O–H groups in total. The zero-order valence-electron chi connectivity index (χ0n) is 9.12. The van der Waals surface area contributed by atoms with Gasteiger partial charge in [0.05, 0.1) is 11.4 Å². The van der Waals surface area contributed by atoms with E-state index in [1.54, 1.807) is 12.1 Å². The van der Waals surface area contributed by atoms with Crippen molar-refractivity contribution in [3.8, 4) is 0 Å². The van der Waals surface area contributed by atoms with Gasteiger partial charge in [-0.25, -0.2) is 4.39 Å². The van der Waals surface area contributed by atoms with Crippen molar-refractivity contribution < 1.29 is 9.50 Å². The Hall–Kier alpha value is -1.32. The monoisotopic (exact) mass is 248 g/mol. The lowest BCUT2D eigenvalue weighted by molar-refractivity contribution is 0.175. The van der Waals surface area contributed by atoms with Crippen LogP contribution in [0.15, 0.2) is 54.6 Å². The molecule has 17 heavy (non-hydrogen) atoms. The molecule has 0 saturated heterocycles. The van der Waals surface area contributed by atoms with E-state index in [-0.39, 0.29) is 11.1 Å². The highest BCUT2D eigenvalue weighted by atomic mass is 32.1. The lowest BCUT2D eigenvalue weighted by atomic mass is 10.0. The summed E-state index contributed by atoms with van der Waals surface area (Å²) in [5.74, 6) is -0.309. The Morgan fingerprint density at radius 1 is 0.882 bits per heavy atom. The molecule has 88 valence electrons. The van der Waals surface area contributed by atoms with Crippen LogP contribution in [0.1, 0.15) is 22.5 Å². The van der Waals surface area contributed by atoms with Gasteiger partial charge in [0.2, 0.25) is 0 Å². The number of thiol groups is 1. The van der Waals surface area contributed by atoms with E-state index in [1.807, 2.05) is 30.3 Å². The highest BCUT2D eigenvalue weighted by Gasteiger charge is 2.18. The second-order valence-electron chi connectivity index (χ2n) is 3.85. The van der Waals surface area contributed by atoms with Crippen LogP contribution in [-0.4, -0.2) is 5.11 Å². The van der Waals surface area contributed by atoms with E-state index >= 15 is 0 Å². The van der Waals surface area contributed by atoms with Crippen molar-refractivity contribution in [3.05, 3.63) is 71.5 Å². The van der Waals surface area contributed by atoms with Crippen LogP contribution in [-0.2, 0) is 0 Å². The van der Waals surface area contributed by atoms with Crippen LogP contribution in [0.5, 0.6) is 0 Å². The van der Waals surface area contributed by atoms with Gasteiger partial charge < -0.3 is 5.11 Å². The number of halogens is 1. The molecule has 0 heterocycles. The maximum Gasteiger partial charge on any atom is 0.123 e. The Morgan fingerprint density at radius 2 is 1.47 bits per heavy atom.